The Balaban J connectivity index is 2.45. The van der Waals surface area contributed by atoms with Crippen molar-refractivity contribution in [1.29, 1.82) is 0 Å². The van der Waals surface area contributed by atoms with E-state index < -0.39 is 0 Å². The summed E-state index contributed by atoms with van der Waals surface area (Å²) in [5, 5.41) is 0. The predicted octanol–water partition coefficient (Wildman–Crippen LogP) is 3.38. The molecule has 0 radical (unpaired) electrons. The first-order valence-corrected chi connectivity index (χ1v) is 5.81. The molecule has 0 saturated carbocycles. The fourth-order valence-corrected chi connectivity index (χ4v) is 1.59. The summed E-state index contributed by atoms with van der Waals surface area (Å²) in [5.41, 5.74) is 2.26. The number of benzene rings is 1. The SMILES string of the molecule is Cc1cnc(-c2ccc(F)cc2OC(C)C)cn1. The van der Waals surface area contributed by atoms with E-state index in [9.17, 15) is 4.39 Å². The summed E-state index contributed by atoms with van der Waals surface area (Å²) in [6.45, 7) is 5.66. The Morgan fingerprint density at radius 1 is 1.17 bits per heavy atom. The van der Waals surface area contributed by atoms with Gasteiger partial charge in [0.15, 0.2) is 0 Å². The minimum atomic E-state index is -0.325. The van der Waals surface area contributed by atoms with Gasteiger partial charge < -0.3 is 4.74 Å². The molecule has 3 nitrogen and oxygen atoms in total. The molecule has 1 aromatic heterocycles. The van der Waals surface area contributed by atoms with Crippen LogP contribution in [0.1, 0.15) is 19.5 Å². The summed E-state index contributed by atoms with van der Waals surface area (Å²) >= 11 is 0. The molecule has 4 heteroatoms. The lowest BCUT2D eigenvalue weighted by atomic mass is 10.1. The molecule has 0 unspecified atom stereocenters. The lowest BCUT2D eigenvalue weighted by molar-refractivity contribution is 0.242. The first-order valence-electron chi connectivity index (χ1n) is 5.81. The minimum absolute atomic E-state index is 0.0241. The number of ether oxygens (including phenoxy) is 1. The Kier molecular flexibility index (Phi) is 3.55. The van der Waals surface area contributed by atoms with E-state index in [1.807, 2.05) is 20.8 Å². The van der Waals surface area contributed by atoms with Crippen molar-refractivity contribution in [2.75, 3.05) is 0 Å². The van der Waals surface area contributed by atoms with Crippen LogP contribution in [0, 0.1) is 12.7 Å². The molecule has 2 aromatic rings. The number of rotatable bonds is 3. The third-order valence-electron chi connectivity index (χ3n) is 2.36. The van der Waals surface area contributed by atoms with Crippen LogP contribution in [0.3, 0.4) is 0 Å². The average Bonchev–Trinajstić information content (AvgIpc) is 2.30. The van der Waals surface area contributed by atoms with Crippen molar-refractivity contribution in [2.45, 2.75) is 26.9 Å². The van der Waals surface area contributed by atoms with Gasteiger partial charge in [0.05, 0.1) is 23.7 Å². The monoisotopic (exact) mass is 246 g/mol. The molecule has 0 spiro atoms. The Morgan fingerprint density at radius 2 is 1.94 bits per heavy atom. The summed E-state index contributed by atoms with van der Waals surface area (Å²) in [4.78, 5) is 8.47. The van der Waals surface area contributed by atoms with Gasteiger partial charge in [-0.15, -0.1) is 0 Å². The Bertz CT molecular complexity index is 538. The van der Waals surface area contributed by atoms with E-state index >= 15 is 0 Å². The molecule has 94 valence electrons. The van der Waals surface area contributed by atoms with Crippen LogP contribution >= 0.6 is 0 Å². The molecular weight excluding hydrogens is 231 g/mol. The van der Waals surface area contributed by atoms with Gasteiger partial charge in [-0.3, -0.25) is 9.97 Å². The van der Waals surface area contributed by atoms with Crippen molar-refractivity contribution in [2.24, 2.45) is 0 Å². The summed E-state index contributed by atoms with van der Waals surface area (Å²) in [6, 6.07) is 4.42. The maximum Gasteiger partial charge on any atom is 0.132 e. The number of halogens is 1. The molecule has 0 bridgehead atoms. The summed E-state index contributed by atoms with van der Waals surface area (Å²) in [5.74, 6) is 0.164. The molecule has 0 amide bonds. The number of aromatic nitrogens is 2. The lowest BCUT2D eigenvalue weighted by Crippen LogP contribution is -2.07. The average molecular weight is 246 g/mol. The van der Waals surface area contributed by atoms with Gasteiger partial charge in [-0.05, 0) is 32.9 Å². The largest absolute Gasteiger partial charge is 0.490 e. The summed E-state index contributed by atoms with van der Waals surface area (Å²) < 4.78 is 18.9. The normalized spacial score (nSPS) is 10.7. The van der Waals surface area contributed by atoms with E-state index in [1.165, 1.54) is 12.1 Å². The zero-order chi connectivity index (χ0) is 13.1. The van der Waals surface area contributed by atoms with Crippen LogP contribution in [0.2, 0.25) is 0 Å². The molecular formula is C14H15FN2O. The van der Waals surface area contributed by atoms with Crippen LogP contribution in [-0.2, 0) is 0 Å². The third-order valence-corrected chi connectivity index (χ3v) is 2.36. The molecule has 18 heavy (non-hydrogen) atoms. The standard InChI is InChI=1S/C14H15FN2O/c1-9(2)18-14-6-11(15)4-5-12(14)13-8-16-10(3)7-17-13/h4-9H,1-3H3. The van der Waals surface area contributed by atoms with Crippen molar-refractivity contribution in [3.8, 4) is 17.0 Å². The van der Waals surface area contributed by atoms with E-state index in [4.69, 9.17) is 4.74 Å². The van der Waals surface area contributed by atoms with Crippen LogP contribution in [0.5, 0.6) is 5.75 Å². The van der Waals surface area contributed by atoms with Gasteiger partial charge in [-0.2, -0.15) is 0 Å². The summed E-state index contributed by atoms with van der Waals surface area (Å²) in [7, 11) is 0. The minimum Gasteiger partial charge on any atom is -0.490 e. The molecule has 0 aliphatic carbocycles. The Morgan fingerprint density at radius 3 is 2.56 bits per heavy atom. The topological polar surface area (TPSA) is 35.0 Å². The lowest BCUT2D eigenvalue weighted by Gasteiger charge is -2.13. The highest BCUT2D eigenvalue weighted by Gasteiger charge is 2.10. The third kappa shape index (κ3) is 2.83. The van der Waals surface area contributed by atoms with Gasteiger partial charge in [-0.25, -0.2) is 4.39 Å². The molecule has 2 rings (SSSR count). The van der Waals surface area contributed by atoms with Gasteiger partial charge in [-0.1, -0.05) is 0 Å². The highest BCUT2D eigenvalue weighted by Crippen LogP contribution is 2.29. The maximum atomic E-state index is 13.3. The van der Waals surface area contributed by atoms with Crippen molar-refractivity contribution in [3.63, 3.8) is 0 Å². The molecule has 0 N–H and O–H groups in total. The number of aryl methyl sites for hydroxylation is 1. The van der Waals surface area contributed by atoms with Crippen molar-refractivity contribution >= 4 is 0 Å². The Labute approximate surface area is 106 Å². The van der Waals surface area contributed by atoms with E-state index in [-0.39, 0.29) is 11.9 Å². The maximum absolute atomic E-state index is 13.3. The van der Waals surface area contributed by atoms with E-state index in [0.29, 0.717) is 11.4 Å². The van der Waals surface area contributed by atoms with Gasteiger partial charge in [0.2, 0.25) is 0 Å². The number of hydrogen-bond donors (Lipinski definition) is 0. The quantitative estimate of drug-likeness (QED) is 0.832. The highest BCUT2D eigenvalue weighted by atomic mass is 19.1. The van der Waals surface area contributed by atoms with Gasteiger partial charge >= 0.3 is 0 Å². The molecule has 0 aliphatic rings. The van der Waals surface area contributed by atoms with Crippen LogP contribution < -0.4 is 4.74 Å². The second kappa shape index (κ2) is 5.12. The van der Waals surface area contributed by atoms with E-state index in [0.717, 1.165) is 11.3 Å². The zero-order valence-electron chi connectivity index (χ0n) is 10.6. The first-order chi connectivity index (χ1) is 8.56. The van der Waals surface area contributed by atoms with E-state index in [1.54, 1.807) is 18.5 Å². The van der Waals surface area contributed by atoms with Crippen molar-refractivity contribution < 1.29 is 9.13 Å². The molecule has 0 fully saturated rings. The predicted molar refractivity (Wildman–Crippen MR) is 67.9 cm³/mol. The number of hydrogen-bond acceptors (Lipinski definition) is 3. The van der Waals surface area contributed by atoms with Gasteiger partial charge in [0, 0.05) is 17.8 Å². The highest BCUT2D eigenvalue weighted by molar-refractivity contribution is 5.66. The second-order valence-corrected chi connectivity index (χ2v) is 4.35. The van der Waals surface area contributed by atoms with Crippen LogP contribution in [0.25, 0.3) is 11.3 Å². The van der Waals surface area contributed by atoms with Crippen molar-refractivity contribution in [3.05, 3.63) is 42.1 Å². The molecule has 1 heterocycles. The van der Waals surface area contributed by atoms with Gasteiger partial charge in [0.1, 0.15) is 11.6 Å². The summed E-state index contributed by atoms with van der Waals surface area (Å²) in [6.07, 6.45) is 3.32. The smallest absolute Gasteiger partial charge is 0.132 e. The van der Waals surface area contributed by atoms with Crippen LogP contribution in [0.4, 0.5) is 4.39 Å². The fraction of sp³-hybridized carbons (Fsp3) is 0.286. The fourth-order valence-electron chi connectivity index (χ4n) is 1.59. The number of nitrogens with zero attached hydrogens (tertiary/aromatic N) is 2. The molecule has 0 aliphatic heterocycles. The van der Waals surface area contributed by atoms with Crippen LogP contribution in [-0.4, -0.2) is 16.1 Å². The molecule has 0 saturated heterocycles. The second-order valence-electron chi connectivity index (χ2n) is 4.35. The Hall–Kier alpha value is -1.97. The van der Waals surface area contributed by atoms with Crippen molar-refractivity contribution in [1.82, 2.24) is 9.97 Å². The van der Waals surface area contributed by atoms with E-state index in [2.05, 4.69) is 9.97 Å². The first kappa shape index (κ1) is 12.5. The van der Waals surface area contributed by atoms with Crippen LogP contribution in [0.15, 0.2) is 30.6 Å². The van der Waals surface area contributed by atoms with Gasteiger partial charge in [0.25, 0.3) is 0 Å². The molecule has 1 aromatic carbocycles. The zero-order valence-corrected chi connectivity index (χ0v) is 10.6. The molecule has 0 atom stereocenters.